The van der Waals surface area contributed by atoms with Crippen molar-refractivity contribution in [3.63, 3.8) is 0 Å². The monoisotopic (exact) mass is 533 g/mol. The van der Waals surface area contributed by atoms with E-state index >= 15 is 0 Å². The Morgan fingerprint density at radius 3 is 2.59 bits per heavy atom. The summed E-state index contributed by atoms with van der Waals surface area (Å²) >= 11 is 3.32. The minimum absolute atomic E-state index is 0.116. The molecule has 1 aliphatic heterocycles. The number of aliphatic imine (C=N–C) groups is 2. The predicted octanol–water partition coefficient (Wildman–Crippen LogP) is 3.91. The van der Waals surface area contributed by atoms with E-state index in [-0.39, 0.29) is 24.2 Å². The third kappa shape index (κ3) is 5.33. The Hall–Kier alpha value is -2.80. The summed E-state index contributed by atoms with van der Waals surface area (Å²) in [7, 11) is -4.88. The number of benzene rings is 1. The number of hydrogen-bond acceptors (Lipinski definition) is 8. The molecule has 0 saturated heterocycles. The largest absolute Gasteiger partial charge is 0.534 e. The second kappa shape index (κ2) is 9.36. The summed E-state index contributed by atoms with van der Waals surface area (Å²) in [5, 5.41) is 0. The Morgan fingerprint density at radius 2 is 1.97 bits per heavy atom. The molecular weight excluding hydrogens is 519 g/mol. The standard InChI is InChI=1S/C19H15BrF3N3O5S/c1-30-16(27)8-7-15-18(31-32(28,29)19(21,22)23)26-13-6-5-11(20)10-12(13)17(25-15)14-4-2-3-9-24-14/h2-6,9-10,15H,7-8H2,1H3. The number of hydrogen-bond donors (Lipinski definition) is 0. The molecule has 2 aromatic rings. The molecule has 0 spiro atoms. The fraction of sp³-hybridized carbons (Fsp3) is 0.263. The topological polar surface area (TPSA) is 107 Å². The van der Waals surface area contributed by atoms with E-state index in [2.05, 4.69) is 39.8 Å². The molecule has 0 radical (unpaired) electrons. The summed E-state index contributed by atoms with van der Waals surface area (Å²) < 4.78 is 71.9. The van der Waals surface area contributed by atoms with Crippen LogP contribution >= 0.6 is 15.9 Å². The van der Waals surface area contributed by atoms with Crippen LogP contribution in [0.15, 0.2) is 57.1 Å². The van der Waals surface area contributed by atoms with Gasteiger partial charge in [-0.2, -0.15) is 21.6 Å². The first kappa shape index (κ1) is 23.9. The maximum absolute atomic E-state index is 13.0. The van der Waals surface area contributed by atoms with Gasteiger partial charge in [-0.15, -0.1) is 0 Å². The lowest BCUT2D eigenvalue weighted by atomic mass is 10.0. The molecule has 8 nitrogen and oxygen atoms in total. The van der Waals surface area contributed by atoms with Crippen LogP contribution in [0.4, 0.5) is 18.9 Å². The summed E-state index contributed by atoms with van der Waals surface area (Å²) in [5.74, 6) is -1.48. The van der Waals surface area contributed by atoms with Crippen LogP contribution < -0.4 is 0 Å². The smallest absolute Gasteiger partial charge is 0.469 e. The molecule has 0 saturated carbocycles. The van der Waals surface area contributed by atoms with Crippen LogP contribution in [0.25, 0.3) is 0 Å². The molecule has 1 unspecified atom stereocenters. The minimum atomic E-state index is -6.02. The number of alkyl halides is 3. The van der Waals surface area contributed by atoms with Crippen molar-refractivity contribution in [2.75, 3.05) is 7.11 Å². The fourth-order valence-electron chi connectivity index (χ4n) is 2.75. The number of pyridine rings is 1. The van der Waals surface area contributed by atoms with Gasteiger partial charge in [0, 0.05) is 22.7 Å². The summed E-state index contributed by atoms with van der Waals surface area (Å²) in [5.41, 5.74) is -4.58. The van der Waals surface area contributed by atoms with E-state index < -0.39 is 33.5 Å². The summed E-state index contributed by atoms with van der Waals surface area (Å²) in [6.07, 6.45) is 1.01. The summed E-state index contributed by atoms with van der Waals surface area (Å²) in [6, 6.07) is 8.29. The molecule has 0 amide bonds. The first-order chi connectivity index (χ1) is 15.0. The van der Waals surface area contributed by atoms with Crippen LogP contribution in [-0.4, -0.2) is 49.6 Å². The van der Waals surface area contributed by atoms with E-state index in [1.165, 1.54) is 12.3 Å². The zero-order valence-corrected chi connectivity index (χ0v) is 18.7. The Kier molecular flexibility index (Phi) is 6.98. The van der Waals surface area contributed by atoms with Crippen LogP contribution in [0.3, 0.4) is 0 Å². The molecule has 2 heterocycles. The lowest BCUT2D eigenvalue weighted by Gasteiger charge is -2.16. The van der Waals surface area contributed by atoms with Gasteiger partial charge in [0.2, 0.25) is 5.90 Å². The van der Waals surface area contributed by atoms with Gasteiger partial charge in [-0.25, -0.2) is 4.99 Å². The van der Waals surface area contributed by atoms with Gasteiger partial charge in [-0.3, -0.25) is 14.8 Å². The van der Waals surface area contributed by atoms with Crippen LogP contribution in [0, 0.1) is 0 Å². The number of carbonyl (C=O) groups excluding carboxylic acids is 1. The maximum Gasteiger partial charge on any atom is 0.534 e. The van der Waals surface area contributed by atoms with Crippen molar-refractivity contribution in [1.29, 1.82) is 0 Å². The first-order valence-corrected chi connectivity index (χ1v) is 11.2. The molecule has 1 aliphatic rings. The molecule has 32 heavy (non-hydrogen) atoms. The highest BCUT2D eigenvalue weighted by Gasteiger charge is 2.50. The SMILES string of the molecule is COC(=O)CCC1N=C(c2ccccn2)c2cc(Br)ccc2N=C1OS(=O)(=O)C(F)(F)F. The van der Waals surface area contributed by atoms with Crippen LogP contribution in [0.1, 0.15) is 24.1 Å². The van der Waals surface area contributed by atoms with Gasteiger partial charge < -0.3 is 8.92 Å². The number of methoxy groups -OCH3 is 1. The average molecular weight is 534 g/mol. The fourth-order valence-corrected chi connectivity index (χ4v) is 3.58. The van der Waals surface area contributed by atoms with Crippen LogP contribution in [0.5, 0.6) is 0 Å². The van der Waals surface area contributed by atoms with Gasteiger partial charge in [0.05, 0.1) is 24.2 Å². The van der Waals surface area contributed by atoms with Crippen LogP contribution in [0.2, 0.25) is 0 Å². The summed E-state index contributed by atoms with van der Waals surface area (Å²) in [4.78, 5) is 24.3. The Labute approximate surface area is 189 Å². The quantitative estimate of drug-likeness (QED) is 0.327. The van der Waals surface area contributed by atoms with Crippen LogP contribution in [-0.2, 0) is 23.8 Å². The van der Waals surface area contributed by atoms with Crippen molar-refractivity contribution >= 4 is 49.3 Å². The van der Waals surface area contributed by atoms with Gasteiger partial charge in [0.1, 0.15) is 6.04 Å². The van der Waals surface area contributed by atoms with Crippen molar-refractivity contribution in [3.8, 4) is 0 Å². The Bertz CT molecular complexity index is 1180. The number of aromatic nitrogens is 1. The zero-order chi connectivity index (χ0) is 23.5. The second-order valence-electron chi connectivity index (χ2n) is 6.42. The lowest BCUT2D eigenvalue weighted by molar-refractivity contribution is -0.140. The highest BCUT2D eigenvalue weighted by Crippen LogP contribution is 2.32. The van der Waals surface area contributed by atoms with Gasteiger partial charge in [-0.05, 0) is 36.8 Å². The van der Waals surface area contributed by atoms with Crippen molar-refractivity contribution in [1.82, 2.24) is 4.98 Å². The molecule has 0 aliphatic carbocycles. The maximum atomic E-state index is 13.0. The highest BCUT2D eigenvalue weighted by atomic mass is 79.9. The van der Waals surface area contributed by atoms with E-state index in [0.717, 1.165) is 7.11 Å². The molecule has 1 aromatic heterocycles. The van der Waals surface area contributed by atoms with Gasteiger partial charge >= 0.3 is 21.6 Å². The molecule has 0 N–H and O–H groups in total. The average Bonchev–Trinajstić information content (AvgIpc) is 2.88. The van der Waals surface area contributed by atoms with E-state index in [0.29, 0.717) is 15.7 Å². The van der Waals surface area contributed by atoms with Gasteiger partial charge in [0.25, 0.3) is 0 Å². The molecule has 13 heteroatoms. The number of fused-ring (bicyclic) bond motifs is 1. The van der Waals surface area contributed by atoms with E-state index in [4.69, 9.17) is 0 Å². The second-order valence-corrected chi connectivity index (χ2v) is 8.87. The van der Waals surface area contributed by atoms with Crippen molar-refractivity contribution < 1.29 is 35.3 Å². The third-order valence-corrected chi connectivity index (χ3v) is 5.70. The minimum Gasteiger partial charge on any atom is -0.469 e. The van der Waals surface area contributed by atoms with Gasteiger partial charge in [-0.1, -0.05) is 22.0 Å². The zero-order valence-electron chi connectivity index (χ0n) is 16.3. The van der Waals surface area contributed by atoms with Crippen molar-refractivity contribution in [3.05, 3.63) is 58.3 Å². The number of halogens is 4. The molecule has 3 rings (SSSR count). The van der Waals surface area contributed by atoms with Crippen molar-refractivity contribution in [2.24, 2.45) is 9.98 Å². The Morgan fingerprint density at radius 1 is 1.22 bits per heavy atom. The third-order valence-electron chi connectivity index (χ3n) is 4.25. The summed E-state index contributed by atoms with van der Waals surface area (Å²) in [6.45, 7) is 0. The van der Waals surface area contributed by atoms with E-state index in [9.17, 15) is 26.4 Å². The number of carbonyl (C=O) groups is 1. The number of nitrogens with zero attached hydrogens (tertiary/aromatic N) is 3. The number of rotatable bonds is 5. The lowest BCUT2D eigenvalue weighted by Crippen LogP contribution is -2.33. The van der Waals surface area contributed by atoms with Crippen molar-refractivity contribution in [2.45, 2.75) is 24.4 Å². The highest BCUT2D eigenvalue weighted by molar-refractivity contribution is 9.10. The molecule has 0 bridgehead atoms. The first-order valence-electron chi connectivity index (χ1n) is 8.97. The van der Waals surface area contributed by atoms with E-state index in [1.807, 2.05) is 0 Å². The predicted molar refractivity (Wildman–Crippen MR) is 112 cm³/mol. The molecule has 1 aromatic carbocycles. The normalized spacial score (nSPS) is 16.3. The number of esters is 1. The number of ether oxygens (including phenoxy) is 1. The Balaban J connectivity index is 2.19. The molecule has 1 atom stereocenters. The molecule has 170 valence electrons. The van der Waals surface area contributed by atoms with Gasteiger partial charge in [0.15, 0.2) is 0 Å². The molecule has 0 fully saturated rings. The van der Waals surface area contributed by atoms with E-state index in [1.54, 1.807) is 30.3 Å². The molecular formula is C19H15BrF3N3O5S.